The Morgan fingerprint density at radius 1 is 1.21 bits per heavy atom. The molecule has 0 radical (unpaired) electrons. The molecule has 2 heterocycles. The molecular weight excluding hydrogens is 424 g/mol. The summed E-state index contributed by atoms with van der Waals surface area (Å²) in [5, 5.41) is 20.4. The summed E-state index contributed by atoms with van der Waals surface area (Å²) in [5.74, 6) is -2.54. The zero-order chi connectivity index (χ0) is 23.9. The van der Waals surface area contributed by atoms with E-state index in [1.807, 2.05) is 0 Å². The fraction of sp³-hybridized carbons (Fsp3) is 0.583. The van der Waals surface area contributed by atoms with E-state index in [2.05, 4.69) is 5.32 Å². The Bertz CT molecular complexity index is 956. The van der Waals surface area contributed by atoms with Crippen molar-refractivity contribution in [3.63, 3.8) is 0 Å². The van der Waals surface area contributed by atoms with Gasteiger partial charge in [0.15, 0.2) is 5.72 Å². The summed E-state index contributed by atoms with van der Waals surface area (Å²) in [4.78, 5) is 40.3. The number of nitrogens with one attached hydrogen (secondary N) is 2. The molecule has 5 N–H and O–H groups in total. The smallest absolute Gasteiger partial charge is 0.450 e. The number of nitrogen functional groups attached to an aromatic ring is 1. The Balaban J connectivity index is 1.73. The maximum atomic E-state index is 13.6. The van der Waals surface area contributed by atoms with Crippen LogP contribution in [-0.2, 0) is 14.3 Å². The molecule has 9 heteroatoms. The first-order chi connectivity index (χ1) is 15.7. The Kier molecular flexibility index (Phi) is 6.18. The third-order valence-electron chi connectivity index (χ3n) is 7.50. The number of hydrogen-bond donors (Lipinski definition) is 4. The van der Waals surface area contributed by atoms with E-state index in [0.717, 1.165) is 25.7 Å². The molecule has 1 aliphatic carbocycles. The van der Waals surface area contributed by atoms with Crippen LogP contribution in [0.15, 0.2) is 24.3 Å². The lowest BCUT2D eigenvalue weighted by atomic mass is 9.81. The fourth-order valence-corrected chi connectivity index (χ4v) is 5.81. The minimum Gasteiger partial charge on any atom is -0.450 e. The van der Waals surface area contributed by atoms with Gasteiger partial charge < -0.3 is 15.6 Å². The topological polar surface area (TPSA) is 146 Å². The van der Waals surface area contributed by atoms with E-state index >= 15 is 0 Å². The van der Waals surface area contributed by atoms with E-state index in [-0.39, 0.29) is 23.6 Å². The standard InChI is InChI=1S/C24H32N4O5/c1-13(2)24(33-23(31)32)18-17(19(27-24)15-8-10-16(11-9-15)20(25)26)21(29)28(22(18)30)12-14-6-4-3-5-7-14/h8-11,13-14,17-19,27H,3-7,12H2,1-2H3,(H3,25,26)(H,31,32). The second-order valence-corrected chi connectivity index (χ2v) is 9.77. The maximum absolute atomic E-state index is 13.6. The van der Waals surface area contributed by atoms with Gasteiger partial charge in [-0.2, -0.15) is 0 Å². The van der Waals surface area contributed by atoms with Crippen molar-refractivity contribution in [2.75, 3.05) is 6.54 Å². The van der Waals surface area contributed by atoms with Gasteiger partial charge in [0, 0.05) is 24.1 Å². The van der Waals surface area contributed by atoms with Gasteiger partial charge in [0.05, 0.1) is 5.92 Å². The second kappa shape index (κ2) is 8.78. The zero-order valence-electron chi connectivity index (χ0n) is 19.0. The van der Waals surface area contributed by atoms with Crippen LogP contribution in [0.1, 0.15) is 63.1 Å². The molecule has 1 saturated carbocycles. The van der Waals surface area contributed by atoms with Crippen molar-refractivity contribution in [1.29, 1.82) is 5.41 Å². The van der Waals surface area contributed by atoms with Gasteiger partial charge in [-0.3, -0.25) is 25.2 Å². The van der Waals surface area contributed by atoms with Gasteiger partial charge in [0.2, 0.25) is 11.8 Å². The van der Waals surface area contributed by atoms with Gasteiger partial charge in [0.1, 0.15) is 11.8 Å². The predicted molar refractivity (Wildman–Crippen MR) is 120 cm³/mol. The third-order valence-corrected chi connectivity index (χ3v) is 7.50. The number of amidine groups is 1. The molecule has 3 aliphatic rings. The van der Waals surface area contributed by atoms with Crippen LogP contribution in [0.3, 0.4) is 0 Å². The van der Waals surface area contributed by atoms with Crippen LogP contribution >= 0.6 is 0 Å². The van der Waals surface area contributed by atoms with Crippen molar-refractivity contribution >= 4 is 23.8 Å². The monoisotopic (exact) mass is 456 g/mol. The van der Waals surface area contributed by atoms with Gasteiger partial charge in [-0.1, -0.05) is 57.4 Å². The normalized spacial score (nSPS) is 30.0. The number of likely N-dealkylation sites (tertiary alicyclic amines) is 1. The van der Waals surface area contributed by atoms with Crippen molar-refractivity contribution in [2.45, 2.75) is 57.7 Å². The zero-order valence-corrected chi connectivity index (χ0v) is 19.0. The molecule has 4 unspecified atom stereocenters. The molecule has 0 spiro atoms. The minimum atomic E-state index is -1.52. The van der Waals surface area contributed by atoms with Crippen LogP contribution in [0.2, 0.25) is 0 Å². The van der Waals surface area contributed by atoms with Crippen LogP contribution in [0, 0.1) is 29.1 Å². The largest absolute Gasteiger partial charge is 0.507 e. The summed E-state index contributed by atoms with van der Waals surface area (Å²) in [6.07, 6.45) is 3.85. The molecule has 9 nitrogen and oxygen atoms in total. The summed E-state index contributed by atoms with van der Waals surface area (Å²) in [6.45, 7) is 3.95. The van der Waals surface area contributed by atoms with E-state index < -0.39 is 35.7 Å². The molecule has 2 saturated heterocycles. The molecule has 33 heavy (non-hydrogen) atoms. The van der Waals surface area contributed by atoms with Crippen LogP contribution in [0.4, 0.5) is 4.79 Å². The van der Waals surface area contributed by atoms with E-state index in [0.29, 0.717) is 17.7 Å². The molecule has 4 atom stereocenters. The van der Waals surface area contributed by atoms with Crippen molar-refractivity contribution in [1.82, 2.24) is 10.2 Å². The molecule has 178 valence electrons. The van der Waals surface area contributed by atoms with Gasteiger partial charge in [-0.15, -0.1) is 0 Å². The average Bonchev–Trinajstić information content (AvgIpc) is 3.24. The first-order valence-electron chi connectivity index (χ1n) is 11.6. The van der Waals surface area contributed by atoms with Crippen molar-refractivity contribution in [2.24, 2.45) is 29.4 Å². The van der Waals surface area contributed by atoms with E-state index in [1.165, 1.54) is 11.3 Å². The van der Waals surface area contributed by atoms with Gasteiger partial charge >= 0.3 is 6.16 Å². The van der Waals surface area contributed by atoms with Crippen LogP contribution in [-0.4, -0.2) is 46.1 Å². The Labute approximate surface area is 193 Å². The SMILES string of the molecule is CC(C)C1(OC(=O)O)NC(c2ccc(C(=N)N)cc2)C2C(=O)N(CC3CCCCC3)C(=O)C21. The van der Waals surface area contributed by atoms with E-state index in [9.17, 15) is 19.5 Å². The number of nitrogens with two attached hydrogens (primary N) is 1. The summed E-state index contributed by atoms with van der Waals surface area (Å²) in [6, 6.07) is 6.27. The van der Waals surface area contributed by atoms with E-state index in [1.54, 1.807) is 38.1 Å². The Hall–Kier alpha value is -2.94. The Morgan fingerprint density at radius 3 is 2.39 bits per heavy atom. The number of fused-ring (bicyclic) bond motifs is 1. The molecule has 2 aliphatic heterocycles. The van der Waals surface area contributed by atoms with Gasteiger partial charge in [-0.25, -0.2) is 4.79 Å². The predicted octanol–water partition coefficient (Wildman–Crippen LogP) is 2.84. The summed E-state index contributed by atoms with van der Waals surface area (Å²) < 4.78 is 5.40. The number of carbonyl (C=O) groups is 3. The highest BCUT2D eigenvalue weighted by Crippen LogP contribution is 2.52. The number of carbonyl (C=O) groups excluding carboxylic acids is 2. The lowest BCUT2D eigenvalue weighted by Gasteiger charge is -2.37. The van der Waals surface area contributed by atoms with Crippen LogP contribution < -0.4 is 11.1 Å². The number of benzene rings is 1. The van der Waals surface area contributed by atoms with Crippen molar-refractivity contribution in [3.05, 3.63) is 35.4 Å². The first-order valence-corrected chi connectivity index (χ1v) is 11.6. The first kappa shape index (κ1) is 23.2. The molecular formula is C24H32N4O5. The minimum absolute atomic E-state index is 0.0738. The molecule has 3 fully saturated rings. The quantitative estimate of drug-likeness (QED) is 0.223. The molecule has 0 aromatic heterocycles. The summed E-state index contributed by atoms with van der Waals surface area (Å²) in [5.41, 5.74) is 5.30. The number of carboxylic acid groups (broad SMARTS) is 1. The molecule has 0 bridgehead atoms. The number of imide groups is 1. The molecule has 1 aromatic carbocycles. The fourth-order valence-electron chi connectivity index (χ4n) is 5.81. The number of hydrogen-bond acceptors (Lipinski definition) is 6. The highest BCUT2D eigenvalue weighted by Gasteiger charge is 2.68. The van der Waals surface area contributed by atoms with E-state index in [4.69, 9.17) is 15.9 Å². The summed E-state index contributed by atoms with van der Waals surface area (Å²) in [7, 11) is 0. The van der Waals surface area contributed by atoms with Gasteiger partial charge in [0.25, 0.3) is 0 Å². The van der Waals surface area contributed by atoms with Crippen molar-refractivity contribution in [3.8, 4) is 0 Å². The summed E-state index contributed by atoms with van der Waals surface area (Å²) >= 11 is 0. The number of rotatable bonds is 6. The lowest BCUT2D eigenvalue weighted by Crippen LogP contribution is -2.56. The highest BCUT2D eigenvalue weighted by atomic mass is 16.7. The second-order valence-electron chi connectivity index (χ2n) is 9.77. The number of ether oxygens (including phenoxy) is 1. The molecule has 4 rings (SSSR count). The maximum Gasteiger partial charge on any atom is 0.507 e. The molecule has 1 aromatic rings. The number of amides is 2. The van der Waals surface area contributed by atoms with Crippen LogP contribution in [0.25, 0.3) is 0 Å². The average molecular weight is 457 g/mol. The third kappa shape index (κ3) is 3.99. The lowest BCUT2D eigenvalue weighted by molar-refractivity contribution is -0.148. The van der Waals surface area contributed by atoms with Gasteiger partial charge in [-0.05, 0) is 24.3 Å². The molecule has 2 amide bonds. The highest BCUT2D eigenvalue weighted by molar-refractivity contribution is 6.07. The Morgan fingerprint density at radius 2 is 1.85 bits per heavy atom. The van der Waals surface area contributed by atoms with Crippen LogP contribution in [0.5, 0.6) is 0 Å². The number of nitrogens with zero attached hydrogens (tertiary/aromatic N) is 1. The van der Waals surface area contributed by atoms with Crippen molar-refractivity contribution < 1.29 is 24.2 Å².